The predicted octanol–water partition coefficient (Wildman–Crippen LogP) is 2.95. The SMILES string of the molecule is COC(=O)c1ccnc(NC2CCCCC2SC)c1. The Morgan fingerprint density at radius 2 is 2.26 bits per heavy atom. The first-order valence-corrected chi connectivity index (χ1v) is 7.87. The fourth-order valence-electron chi connectivity index (χ4n) is 2.49. The van der Waals surface area contributed by atoms with E-state index in [1.54, 1.807) is 18.3 Å². The van der Waals surface area contributed by atoms with Crippen LogP contribution in [0.1, 0.15) is 36.0 Å². The zero-order valence-corrected chi connectivity index (χ0v) is 12.2. The van der Waals surface area contributed by atoms with Crippen LogP contribution in [0.25, 0.3) is 0 Å². The van der Waals surface area contributed by atoms with Gasteiger partial charge in [-0.2, -0.15) is 11.8 Å². The highest BCUT2D eigenvalue weighted by molar-refractivity contribution is 7.99. The predicted molar refractivity (Wildman–Crippen MR) is 78.8 cm³/mol. The molecule has 5 heteroatoms. The lowest BCUT2D eigenvalue weighted by Crippen LogP contribution is -2.34. The smallest absolute Gasteiger partial charge is 0.338 e. The van der Waals surface area contributed by atoms with E-state index in [4.69, 9.17) is 4.74 Å². The number of methoxy groups -OCH3 is 1. The summed E-state index contributed by atoms with van der Waals surface area (Å²) in [5, 5.41) is 4.08. The molecule has 0 aliphatic heterocycles. The molecule has 4 nitrogen and oxygen atoms in total. The van der Waals surface area contributed by atoms with Crippen molar-refractivity contribution in [2.24, 2.45) is 0 Å². The van der Waals surface area contributed by atoms with Gasteiger partial charge in [0.05, 0.1) is 12.7 Å². The van der Waals surface area contributed by atoms with E-state index in [0.717, 1.165) is 12.2 Å². The van der Waals surface area contributed by atoms with Crippen LogP contribution in [0.5, 0.6) is 0 Å². The van der Waals surface area contributed by atoms with Gasteiger partial charge in [0.1, 0.15) is 5.82 Å². The number of ether oxygens (including phenoxy) is 1. The molecular formula is C14H20N2O2S. The third-order valence-corrected chi connectivity index (χ3v) is 4.69. The largest absolute Gasteiger partial charge is 0.465 e. The fraction of sp³-hybridized carbons (Fsp3) is 0.571. The normalized spacial score (nSPS) is 22.8. The molecule has 1 saturated carbocycles. The molecule has 1 heterocycles. The molecule has 104 valence electrons. The maximum Gasteiger partial charge on any atom is 0.338 e. The van der Waals surface area contributed by atoms with Crippen LogP contribution in [0.15, 0.2) is 18.3 Å². The number of esters is 1. The molecule has 1 aromatic rings. The Bertz CT molecular complexity index is 439. The molecule has 19 heavy (non-hydrogen) atoms. The third kappa shape index (κ3) is 3.62. The second-order valence-electron chi connectivity index (χ2n) is 4.73. The Morgan fingerprint density at radius 1 is 1.47 bits per heavy atom. The molecular weight excluding hydrogens is 260 g/mol. The summed E-state index contributed by atoms with van der Waals surface area (Å²) in [5.74, 6) is 0.435. The van der Waals surface area contributed by atoms with Gasteiger partial charge in [0.15, 0.2) is 0 Å². The monoisotopic (exact) mass is 280 g/mol. The minimum atomic E-state index is -0.324. The average molecular weight is 280 g/mol. The number of carbonyl (C=O) groups is 1. The quantitative estimate of drug-likeness (QED) is 0.859. The van der Waals surface area contributed by atoms with Crippen LogP contribution < -0.4 is 5.32 Å². The zero-order valence-electron chi connectivity index (χ0n) is 11.4. The highest BCUT2D eigenvalue weighted by atomic mass is 32.2. The van der Waals surface area contributed by atoms with Gasteiger partial charge in [-0.05, 0) is 31.2 Å². The summed E-state index contributed by atoms with van der Waals surface area (Å²) in [6, 6.07) is 3.87. The van der Waals surface area contributed by atoms with E-state index in [2.05, 4.69) is 16.6 Å². The number of hydrogen-bond acceptors (Lipinski definition) is 5. The van der Waals surface area contributed by atoms with E-state index in [9.17, 15) is 4.79 Å². The lowest BCUT2D eigenvalue weighted by atomic mass is 9.95. The van der Waals surface area contributed by atoms with Crippen LogP contribution in [0, 0.1) is 0 Å². The Labute approximate surface area is 118 Å². The van der Waals surface area contributed by atoms with E-state index >= 15 is 0 Å². The van der Waals surface area contributed by atoms with Gasteiger partial charge in [-0.25, -0.2) is 9.78 Å². The van der Waals surface area contributed by atoms with Gasteiger partial charge in [-0.15, -0.1) is 0 Å². The van der Waals surface area contributed by atoms with Gasteiger partial charge in [0.25, 0.3) is 0 Å². The number of carbonyl (C=O) groups excluding carboxylic acids is 1. The van der Waals surface area contributed by atoms with Crippen molar-refractivity contribution in [3.63, 3.8) is 0 Å². The molecule has 0 amide bonds. The van der Waals surface area contributed by atoms with Crippen LogP contribution in [0.3, 0.4) is 0 Å². The molecule has 0 bridgehead atoms. The molecule has 1 aromatic heterocycles. The molecule has 1 N–H and O–H groups in total. The number of pyridine rings is 1. The van der Waals surface area contributed by atoms with Gasteiger partial charge in [-0.1, -0.05) is 12.8 Å². The number of nitrogens with one attached hydrogen (secondary N) is 1. The molecule has 2 atom stereocenters. The Kier molecular flexibility index (Phi) is 5.07. The topological polar surface area (TPSA) is 51.2 Å². The Morgan fingerprint density at radius 3 is 3.00 bits per heavy atom. The lowest BCUT2D eigenvalue weighted by Gasteiger charge is -2.31. The van der Waals surface area contributed by atoms with Crippen molar-refractivity contribution >= 4 is 23.5 Å². The summed E-state index contributed by atoms with van der Waals surface area (Å²) >= 11 is 1.91. The number of rotatable bonds is 4. The highest BCUT2D eigenvalue weighted by Gasteiger charge is 2.24. The van der Waals surface area contributed by atoms with Crippen LogP contribution in [-0.4, -0.2) is 35.6 Å². The average Bonchev–Trinajstić information content (AvgIpc) is 2.47. The second-order valence-corrected chi connectivity index (χ2v) is 5.81. The maximum absolute atomic E-state index is 11.5. The number of hydrogen-bond donors (Lipinski definition) is 1. The van der Waals surface area contributed by atoms with Crippen LogP contribution in [0.4, 0.5) is 5.82 Å². The van der Waals surface area contributed by atoms with E-state index in [1.165, 1.54) is 26.4 Å². The van der Waals surface area contributed by atoms with Gasteiger partial charge < -0.3 is 10.1 Å². The molecule has 0 saturated heterocycles. The molecule has 0 aromatic carbocycles. The number of nitrogens with zero attached hydrogens (tertiary/aromatic N) is 1. The molecule has 1 fully saturated rings. The molecule has 2 unspecified atom stereocenters. The summed E-state index contributed by atoms with van der Waals surface area (Å²) in [5.41, 5.74) is 0.538. The maximum atomic E-state index is 11.5. The van der Waals surface area contributed by atoms with Crippen molar-refractivity contribution < 1.29 is 9.53 Å². The summed E-state index contributed by atoms with van der Waals surface area (Å²) in [4.78, 5) is 15.8. The summed E-state index contributed by atoms with van der Waals surface area (Å²) in [6.07, 6.45) is 8.77. The number of anilines is 1. The first-order chi connectivity index (χ1) is 9.24. The Hall–Kier alpha value is -1.23. The van der Waals surface area contributed by atoms with E-state index in [1.807, 2.05) is 11.8 Å². The molecule has 1 aliphatic rings. The van der Waals surface area contributed by atoms with Crippen molar-refractivity contribution in [2.75, 3.05) is 18.7 Å². The van der Waals surface area contributed by atoms with Gasteiger partial charge in [0, 0.05) is 17.5 Å². The van der Waals surface area contributed by atoms with Crippen LogP contribution in [0.2, 0.25) is 0 Å². The van der Waals surface area contributed by atoms with Gasteiger partial charge in [-0.3, -0.25) is 0 Å². The number of thioether (sulfide) groups is 1. The van der Waals surface area contributed by atoms with E-state index < -0.39 is 0 Å². The van der Waals surface area contributed by atoms with Crippen molar-refractivity contribution in [3.8, 4) is 0 Å². The summed E-state index contributed by atoms with van der Waals surface area (Å²) in [7, 11) is 1.39. The van der Waals surface area contributed by atoms with Crippen molar-refractivity contribution in [1.29, 1.82) is 0 Å². The van der Waals surface area contributed by atoms with Crippen LogP contribution >= 0.6 is 11.8 Å². The zero-order chi connectivity index (χ0) is 13.7. The molecule has 0 radical (unpaired) electrons. The van der Waals surface area contributed by atoms with Crippen molar-refractivity contribution in [1.82, 2.24) is 4.98 Å². The van der Waals surface area contributed by atoms with Crippen LogP contribution in [-0.2, 0) is 4.74 Å². The first-order valence-electron chi connectivity index (χ1n) is 6.58. The summed E-state index contributed by atoms with van der Waals surface area (Å²) < 4.78 is 4.72. The second kappa shape index (κ2) is 6.80. The van der Waals surface area contributed by atoms with Gasteiger partial charge >= 0.3 is 5.97 Å². The highest BCUT2D eigenvalue weighted by Crippen LogP contribution is 2.29. The Balaban J connectivity index is 2.07. The molecule has 2 rings (SSSR count). The van der Waals surface area contributed by atoms with E-state index in [0.29, 0.717) is 16.9 Å². The minimum absolute atomic E-state index is 0.324. The van der Waals surface area contributed by atoms with E-state index in [-0.39, 0.29) is 5.97 Å². The lowest BCUT2D eigenvalue weighted by molar-refractivity contribution is 0.0600. The van der Waals surface area contributed by atoms with Crippen molar-refractivity contribution in [2.45, 2.75) is 37.0 Å². The third-order valence-electron chi connectivity index (χ3n) is 3.52. The molecule has 0 spiro atoms. The molecule has 1 aliphatic carbocycles. The number of aromatic nitrogens is 1. The minimum Gasteiger partial charge on any atom is -0.465 e. The fourth-order valence-corrected chi connectivity index (χ4v) is 3.42. The first kappa shape index (κ1) is 14.2. The summed E-state index contributed by atoms with van der Waals surface area (Å²) in [6.45, 7) is 0. The van der Waals surface area contributed by atoms with Gasteiger partial charge in [0.2, 0.25) is 0 Å². The van der Waals surface area contributed by atoms with Crippen molar-refractivity contribution in [3.05, 3.63) is 23.9 Å². The standard InChI is InChI=1S/C14H20N2O2S/c1-18-14(17)10-7-8-15-13(9-10)16-11-5-3-4-6-12(11)19-2/h7-9,11-12H,3-6H2,1-2H3,(H,15,16).